The zero-order valence-corrected chi connectivity index (χ0v) is 17.6. The van der Waals surface area contributed by atoms with Crippen molar-refractivity contribution < 1.29 is 9.18 Å². The number of amides is 1. The van der Waals surface area contributed by atoms with Crippen molar-refractivity contribution in [2.24, 2.45) is 7.05 Å². The standard InChI is InChI=1S/C23H16ClFN6O/c1-31-20(11-13-5-4-7-16(21(13)31)15-6-2-3-8-18(15)25)23(32)26-19-10-9-14(24)12-17(19)22-27-29-30-28-22/h2-12H,1H3,(H,26,32)(H,27,28,29,30). The third-order valence-electron chi connectivity index (χ3n) is 5.27. The molecule has 0 spiro atoms. The molecule has 0 radical (unpaired) electrons. The van der Waals surface area contributed by atoms with Crippen LogP contribution in [-0.4, -0.2) is 31.1 Å². The molecular weight excluding hydrogens is 431 g/mol. The van der Waals surface area contributed by atoms with Crippen molar-refractivity contribution in [1.29, 1.82) is 0 Å². The van der Waals surface area contributed by atoms with Crippen molar-refractivity contribution in [3.63, 3.8) is 0 Å². The summed E-state index contributed by atoms with van der Waals surface area (Å²) in [4.78, 5) is 13.2. The molecule has 0 saturated heterocycles. The maximum Gasteiger partial charge on any atom is 0.272 e. The summed E-state index contributed by atoms with van der Waals surface area (Å²) in [5.74, 6) is -0.352. The van der Waals surface area contributed by atoms with Gasteiger partial charge in [-0.25, -0.2) is 4.39 Å². The summed E-state index contributed by atoms with van der Waals surface area (Å²) in [5, 5.41) is 18.1. The monoisotopic (exact) mass is 446 g/mol. The Morgan fingerprint density at radius 1 is 1.03 bits per heavy atom. The van der Waals surface area contributed by atoms with E-state index in [1.165, 1.54) is 6.07 Å². The van der Waals surface area contributed by atoms with E-state index in [1.54, 1.807) is 54.1 Å². The van der Waals surface area contributed by atoms with Crippen LogP contribution in [0.4, 0.5) is 10.1 Å². The van der Waals surface area contributed by atoms with Crippen LogP contribution < -0.4 is 5.32 Å². The number of hydrogen-bond donors (Lipinski definition) is 2. The van der Waals surface area contributed by atoms with Crippen LogP contribution in [0, 0.1) is 5.82 Å². The third-order valence-corrected chi connectivity index (χ3v) is 5.50. The number of aromatic nitrogens is 5. The Bertz CT molecular complexity index is 1460. The molecule has 2 heterocycles. The topological polar surface area (TPSA) is 88.5 Å². The maximum atomic E-state index is 14.5. The molecule has 32 heavy (non-hydrogen) atoms. The molecule has 5 rings (SSSR count). The van der Waals surface area contributed by atoms with Gasteiger partial charge < -0.3 is 9.88 Å². The van der Waals surface area contributed by atoms with E-state index in [1.807, 2.05) is 18.2 Å². The van der Waals surface area contributed by atoms with Crippen LogP contribution in [0.25, 0.3) is 33.4 Å². The van der Waals surface area contributed by atoms with Crippen molar-refractivity contribution in [1.82, 2.24) is 25.2 Å². The van der Waals surface area contributed by atoms with Crippen molar-refractivity contribution >= 4 is 34.1 Å². The number of fused-ring (bicyclic) bond motifs is 1. The molecule has 0 saturated carbocycles. The lowest BCUT2D eigenvalue weighted by molar-refractivity contribution is 0.102. The summed E-state index contributed by atoms with van der Waals surface area (Å²) >= 11 is 6.12. The molecule has 0 unspecified atom stereocenters. The number of nitrogens with one attached hydrogen (secondary N) is 2. The number of halogens is 2. The number of nitrogens with zero attached hydrogens (tertiary/aromatic N) is 4. The molecule has 0 aliphatic heterocycles. The number of hydrogen-bond acceptors (Lipinski definition) is 4. The van der Waals surface area contributed by atoms with E-state index in [0.717, 1.165) is 10.9 Å². The molecule has 7 nitrogen and oxygen atoms in total. The SMILES string of the molecule is Cn1c(C(=O)Nc2ccc(Cl)cc2-c2nn[nH]n2)cc2cccc(-c3ccccc3F)c21. The van der Waals surface area contributed by atoms with Gasteiger partial charge in [-0.3, -0.25) is 4.79 Å². The minimum atomic E-state index is -0.338. The Labute approximate surface area is 186 Å². The Morgan fingerprint density at radius 2 is 1.84 bits per heavy atom. The summed E-state index contributed by atoms with van der Waals surface area (Å²) in [5.41, 5.74) is 3.38. The number of carbonyl (C=O) groups excluding carboxylic acids is 1. The molecular formula is C23H16ClFN6O. The summed E-state index contributed by atoms with van der Waals surface area (Å²) in [6.07, 6.45) is 0. The second-order valence-corrected chi connectivity index (χ2v) is 7.63. The van der Waals surface area contributed by atoms with Gasteiger partial charge in [-0.05, 0) is 35.5 Å². The van der Waals surface area contributed by atoms with Gasteiger partial charge in [0.1, 0.15) is 11.5 Å². The average Bonchev–Trinajstić information content (AvgIpc) is 3.44. The van der Waals surface area contributed by atoms with Gasteiger partial charge in [-0.1, -0.05) is 48.0 Å². The Morgan fingerprint density at radius 3 is 2.62 bits per heavy atom. The summed E-state index contributed by atoms with van der Waals surface area (Å²) < 4.78 is 16.2. The van der Waals surface area contributed by atoms with E-state index >= 15 is 0 Å². The van der Waals surface area contributed by atoms with Crippen LogP contribution in [0.3, 0.4) is 0 Å². The van der Waals surface area contributed by atoms with Gasteiger partial charge in [0.15, 0.2) is 0 Å². The van der Waals surface area contributed by atoms with Gasteiger partial charge in [0.25, 0.3) is 5.91 Å². The maximum absolute atomic E-state index is 14.5. The van der Waals surface area contributed by atoms with Crippen molar-refractivity contribution in [2.45, 2.75) is 0 Å². The first-order valence-corrected chi connectivity index (χ1v) is 10.1. The Hall–Kier alpha value is -4.04. The highest BCUT2D eigenvalue weighted by Crippen LogP contribution is 2.33. The normalized spacial score (nSPS) is 11.1. The highest BCUT2D eigenvalue weighted by Gasteiger charge is 2.19. The van der Waals surface area contributed by atoms with Gasteiger partial charge in [-0.2, -0.15) is 5.21 Å². The molecule has 9 heteroatoms. The summed E-state index contributed by atoms with van der Waals surface area (Å²) in [7, 11) is 1.78. The summed E-state index contributed by atoms with van der Waals surface area (Å²) in [6, 6.07) is 18.9. The first-order chi connectivity index (χ1) is 15.5. The third kappa shape index (κ3) is 3.40. The van der Waals surface area contributed by atoms with Gasteiger partial charge in [-0.15, -0.1) is 10.2 Å². The fourth-order valence-corrected chi connectivity index (χ4v) is 3.98. The van der Waals surface area contributed by atoms with E-state index in [9.17, 15) is 9.18 Å². The molecule has 0 atom stereocenters. The molecule has 5 aromatic rings. The lowest BCUT2D eigenvalue weighted by Crippen LogP contribution is -2.16. The number of tetrazole rings is 1. The number of rotatable bonds is 4. The Kier molecular flexibility index (Phi) is 4.91. The lowest BCUT2D eigenvalue weighted by Gasteiger charge is -2.11. The molecule has 0 bridgehead atoms. The second kappa shape index (κ2) is 7.90. The fraction of sp³-hybridized carbons (Fsp3) is 0.0435. The van der Waals surface area contributed by atoms with Crippen LogP contribution in [0.15, 0.2) is 66.7 Å². The van der Waals surface area contributed by atoms with Gasteiger partial charge in [0.2, 0.25) is 5.82 Å². The number of carbonyl (C=O) groups is 1. The van der Waals surface area contributed by atoms with Gasteiger partial charge in [0, 0.05) is 34.1 Å². The fourth-order valence-electron chi connectivity index (χ4n) is 3.80. The highest BCUT2D eigenvalue weighted by atomic mass is 35.5. The number of aromatic amines is 1. The van der Waals surface area contributed by atoms with Crippen LogP contribution in [0.5, 0.6) is 0 Å². The predicted molar refractivity (Wildman–Crippen MR) is 121 cm³/mol. The van der Waals surface area contributed by atoms with E-state index in [-0.39, 0.29) is 11.7 Å². The molecule has 158 valence electrons. The minimum absolute atomic E-state index is 0.307. The number of aryl methyl sites for hydroxylation is 1. The quantitative estimate of drug-likeness (QED) is 0.403. The van der Waals surface area contributed by atoms with Crippen LogP contribution in [-0.2, 0) is 7.05 Å². The molecule has 2 N–H and O–H groups in total. The van der Waals surface area contributed by atoms with Crippen molar-refractivity contribution in [2.75, 3.05) is 5.32 Å². The summed E-state index contributed by atoms with van der Waals surface area (Å²) in [6.45, 7) is 0. The largest absolute Gasteiger partial charge is 0.339 e. The molecule has 0 fully saturated rings. The van der Waals surface area contributed by atoms with Crippen LogP contribution in [0.2, 0.25) is 5.02 Å². The first-order valence-electron chi connectivity index (χ1n) is 9.71. The number of para-hydroxylation sites is 1. The zero-order chi connectivity index (χ0) is 22.2. The van der Waals surface area contributed by atoms with Crippen LogP contribution in [0.1, 0.15) is 10.5 Å². The number of H-pyrrole nitrogens is 1. The van der Waals surface area contributed by atoms with Crippen molar-refractivity contribution in [3.05, 3.63) is 83.3 Å². The van der Waals surface area contributed by atoms with Crippen LogP contribution >= 0.6 is 11.6 Å². The minimum Gasteiger partial charge on any atom is -0.339 e. The Balaban J connectivity index is 1.57. The van der Waals surface area contributed by atoms with E-state index < -0.39 is 0 Å². The molecule has 1 amide bonds. The van der Waals surface area contributed by atoms with E-state index in [0.29, 0.717) is 38.9 Å². The highest BCUT2D eigenvalue weighted by molar-refractivity contribution is 6.31. The lowest BCUT2D eigenvalue weighted by atomic mass is 10.0. The number of anilines is 1. The molecule has 0 aliphatic rings. The second-order valence-electron chi connectivity index (χ2n) is 7.19. The van der Waals surface area contributed by atoms with Gasteiger partial charge >= 0.3 is 0 Å². The zero-order valence-electron chi connectivity index (χ0n) is 16.8. The molecule has 2 aromatic heterocycles. The molecule has 3 aromatic carbocycles. The van der Waals surface area contributed by atoms with E-state index in [4.69, 9.17) is 11.6 Å². The smallest absolute Gasteiger partial charge is 0.272 e. The average molecular weight is 447 g/mol. The van der Waals surface area contributed by atoms with Gasteiger partial charge in [0.05, 0.1) is 11.2 Å². The first kappa shape index (κ1) is 19.9. The van der Waals surface area contributed by atoms with E-state index in [2.05, 4.69) is 25.9 Å². The number of benzene rings is 3. The van der Waals surface area contributed by atoms with Crippen molar-refractivity contribution in [3.8, 4) is 22.5 Å². The molecule has 0 aliphatic carbocycles. The predicted octanol–water partition coefficient (Wildman–Crippen LogP) is 5.07.